The Balaban J connectivity index is 3.05. The van der Waals surface area contributed by atoms with Crippen molar-refractivity contribution in [3.05, 3.63) is 37.9 Å². The van der Waals surface area contributed by atoms with Crippen LogP contribution in [0.5, 0.6) is 0 Å². The summed E-state index contributed by atoms with van der Waals surface area (Å²) in [6.07, 6.45) is 2.38. The van der Waals surface area contributed by atoms with Crippen molar-refractivity contribution in [2.45, 2.75) is 20.3 Å². The second-order valence-corrected chi connectivity index (χ2v) is 5.48. The van der Waals surface area contributed by atoms with E-state index in [0.29, 0.717) is 6.61 Å². The number of halogens is 2. The molecule has 0 bridgehead atoms. The second-order valence-electron chi connectivity index (χ2n) is 3.40. The first kappa shape index (κ1) is 14.7. The Kier molecular flexibility index (Phi) is 6.19. The lowest BCUT2D eigenvalue weighted by Gasteiger charge is -2.08. The van der Waals surface area contributed by atoms with Gasteiger partial charge in [0.15, 0.2) is 0 Å². The van der Waals surface area contributed by atoms with Crippen molar-refractivity contribution in [3.63, 3.8) is 0 Å². The van der Waals surface area contributed by atoms with Crippen LogP contribution in [0.25, 0.3) is 5.57 Å². The highest BCUT2D eigenvalue weighted by Gasteiger charge is 2.07. The summed E-state index contributed by atoms with van der Waals surface area (Å²) in [5.74, 6) is -0.275. The predicted octanol–water partition coefficient (Wildman–Crippen LogP) is 4.41. The van der Waals surface area contributed by atoms with Gasteiger partial charge in [0.05, 0.1) is 6.61 Å². The number of carbonyl (C=O) groups is 1. The fraction of sp³-hybridized carbons (Fsp3) is 0.308. The van der Waals surface area contributed by atoms with E-state index in [2.05, 4.69) is 38.5 Å². The van der Waals surface area contributed by atoms with Gasteiger partial charge in [-0.05, 0) is 59.2 Å². The zero-order chi connectivity index (χ0) is 12.8. The van der Waals surface area contributed by atoms with E-state index in [0.717, 1.165) is 25.6 Å². The van der Waals surface area contributed by atoms with Gasteiger partial charge in [0, 0.05) is 14.1 Å². The molecule has 0 aromatic heterocycles. The summed E-state index contributed by atoms with van der Waals surface area (Å²) in [6, 6.07) is 6.02. The van der Waals surface area contributed by atoms with Crippen molar-refractivity contribution in [1.82, 2.24) is 0 Å². The highest BCUT2D eigenvalue weighted by atomic mass is 127. The number of carbonyl (C=O) groups excluding carboxylic acids is 1. The Bertz CT molecular complexity index is 441. The van der Waals surface area contributed by atoms with Crippen LogP contribution in [0.2, 0.25) is 0 Å². The maximum atomic E-state index is 11.5. The van der Waals surface area contributed by atoms with Crippen molar-refractivity contribution in [2.75, 3.05) is 6.61 Å². The minimum Gasteiger partial charge on any atom is -0.463 e. The highest BCUT2D eigenvalue weighted by molar-refractivity contribution is 14.1. The third kappa shape index (κ3) is 4.43. The molecule has 0 amide bonds. The molecule has 4 heteroatoms. The van der Waals surface area contributed by atoms with E-state index in [4.69, 9.17) is 4.74 Å². The Morgan fingerprint density at radius 2 is 2.18 bits per heavy atom. The summed E-state index contributed by atoms with van der Waals surface area (Å²) in [5, 5.41) is 0. The van der Waals surface area contributed by atoms with Gasteiger partial charge in [-0.2, -0.15) is 0 Å². The number of hydrogen-bond acceptors (Lipinski definition) is 2. The summed E-state index contributed by atoms with van der Waals surface area (Å²) >= 11 is 5.70. The molecule has 1 rings (SSSR count). The molecule has 0 aliphatic heterocycles. The van der Waals surface area contributed by atoms with E-state index in [1.165, 1.54) is 0 Å². The molecule has 1 aromatic rings. The third-order valence-corrected chi connectivity index (χ3v) is 3.62. The van der Waals surface area contributed by atoms with E-state index in [1.54, 1.807) is 13.0 Å². The van der Waals surface area contributed by atoms with Crippen molar-refractivity contribution < 1.29 is 9.53 Å². The van der Waals surface area contributed by atoms with Gasteiger partial charge < -0.3 is 4.74 Å². The fourth-order valence-corrected chi connectivity index (χ4v) is 3.10. The van der Waals surface area contributed by atoms with Crippen LogP contribution in [0.4, 0.5) is 0 Å². The largest absolute Gasteiger partial charge is 0.463 e. The molecule has 0 saturated carbocycles. The van der Waals surface area contributed by atoms with Crippen molar-refractivity contribution in [3.8, 4) is 0 Å². The molecule has 0 N–H and O–H groups in total. The average Bonchev–Trinajstić information content (AvgIpc) is 2.27. The summed E-state index contributed by atoms with van der Waals surface area (Å²) < 4.78 is 7.09. The van der Waals surface area contributed by atoms with Gasteiger partial charge in [0.1, 0.15) is 0 Å². The SMILES string of the molecule is CCOC(=O)/C=C(\CC)c1ccc(Br)cc1I. The number of rotatable bonds is 4. The minimum atomic E-state index is -0.275. The van der Waals surface area contributed by atoms with E-state index >= 15 is 0 Å². The first-order valence-electron chi connectivity index (χ1n) is 5.41. The molecule has 17 heavy (non-hydrogen) atoms. The second kappa shape index (κ2) is 7.16. The monoisotopic (exact) mass is 408 g/mol. The number of benzene rings is 1. The van der Waals surface area contributed by atoms with Gasteiger partial charge in [0.25, 0.3) is 0 Å². The minimum absolute atomic E-state index is 0.275. The van der Waals surface area contributed by atoms with Crippen molar-refractivity contribution in [1.29, 1.82) is 0 Å². The summed E-state index contributed by atoms with van der Waals surface area (Å²) in [6.45, 7) is 4.24. The molecule has 0 heterocycles. The number of esters is 1. The smallest absolute Gasteiger partial charge is 0.331 e. The highest BCUT2D eigenvalue weighted by Crippen LogP contribution is 2.26. The lowest BCUT2D eigenvalue weighted by molar-refractivity contribution is -0.137. The summed E-state index contributed by atoms with van der Waals surface area (Å²) in [4.78, 5) is 11.5. The zero-order valence-corrected chi connectivity index (χ0v) is 13.5. The Morgan fingerprint density at radius 1 is 1.47 bits per heavy atom. The quantitative estimate of drug-likeness (QED) is 0.419. The van der Waals surface area contributed by atoms with E-state index in [9.17, 15) is 4.79 Å². The molecule has 1 aromatic carbocycles. The van der Waals surface area contributed by atoms with Crippen LogP contribution in [-0.2, 0) is 9.53 Å². The molecular weight excluding hydrogens is 395 g/mol. The lowest BCUT2D eigenvalue weighted by Crippen LogP contribution is -2.01. The first-order chi connectivity index (χ1) is 8.08. The van der Waals surface area contributed by atoms with Crippen LogP contribution in [0.15, 0.2) is 28.7 Å². The standard InChI is InChI=1S/C13H14BrIO2/c1-3-9(7-13(16)17-4-2)11-6-5-10(14)8-12(11)15/h5-8H,3-4H2,1-2H3/b9-7+. The average molecular weight is 409 g/mol. The van der Waals surface area contributed by atoms with Crippen LogP contribution in [0.3, 0.4) is 0 Å². The zero-order valence-electron chi connectivity index (χ0n) is 9.80. The van der Waals surface area contributed by atoms with Crippen LogP contribution in [-0.4, -0.2) is 12.6 Å². The number of allylic oxidation sites excluding steroid dienone is 1. The summed E-state index contributed by atoms with van der Waals surface area (Å²) in [7, 11) is 0. The van der Waals surface area contributed by atoms with Gasteiger partial charge in [-0.3, -0.25) is 0 Å². The van der Waals surface area contributed by atoms with Gasteiger partial charge >= 0.3 is 5.97 Å². The lowest BCUT2D eigenvalue weighted by atomic mass is 10.0. The third-order valence-electron chi connectivity index (χ3n) is 2.24. The van der Waals surface area contributed by atoms with Crippen molar-refractivity contribution >= 4 is 50.1 Å². The molecule has 0 aliphatic carbocycles. The fourth-order valence-electron chi connectivity index (χ4n) is 1.45. The molecule has 0 aliphatic rings. The van der Waals surface area contributed by atoms with E-state index < -0.39 is 0 Å². The Labute approximate surface area is 124 Å². The molecule has 0 radical (unpaired) electrons. The van der Waals surface area contributed by atoms with Crippen molar-refractivity contribution in [2.24, 2.45) is 0 Å². The summed E-state index contributed by atoms with van der Waals surface area (Å²) in [5.41, 5.74) is 2.09. The van der Waals surface area contributed by atoms with Gasteiger partial charge in [0.2, 0.25) is 0 Å². The Morgan fingerprint density at radius 3 is 2.71 bits per heavy atom. The van der Waals surface area contributed by atoms with E-state index in [1.807, 2.05) is 25.1 Å². The molecule has 2 nitrogen and oxygen atoms in total. The molecular formula is C13H14BrIO2. The van der Waals surface area contributed by atoms with Crippen LogP contribution in [0.1, 0.15) is 25.8 Å². The molecule has 0 saturated heterocycles. The number of hydrogen-bond donors (Lipinski definition) is 0. The molecule has 0 unspecified atom stereocenters. The predicted molar refractivity (Wildman–Crippen MR) is 81.8 cm³/mol. The molecule has 0 spiro atoms. The maximum Gasteiger partial charge on any atom is 0.331 e. The number of ether oxygens (including phenoxy) is 1. The first-order valence-corrected chi connectivity index (χ1v) is 7.28. The molecule has 0 fully saturated rings. The van der Waals surface area contributed by atoms with Crippen LogP contribution < -0.4 is 0 Å². The topological polar surface area (TPSA) is 26.3 Å². The maximum absolute atomic E-state index is 11.5. The van der Waals surface area contributed by atoms with Gasteiger partial charge in [-0.15, -0.1) is 0 Å². The molecule has 0 atom stereocenters. The van der Waals surface area contributed by atoms with Gasteiger partial charge in [-0.1, -0.05) is 28.9 Å². The normalized spacial score (nSPS) is 11.4. The molecule has 92 valence electrons. The Hall–Kier alpha value is -0.360. The van der Waals surface area contributed by atoms with Gasteiger partial charge in [-0.25, -0.2) is 4.79 Å². The van der Waals surface area contributed by atoms with Crippen LogP contribution in [0, 0.1) is 3.57 Å². The van der Waals surface area contributed by atoms with Crippen LogP contribution >= 0.6 is 38.5 Å². The van der Waals surface area contributed by atoms with E-state index in [-0.39, 0.29) is 5.97 Å².